The number of fused-ring (bicyclic) bond motifs is 4. The molecule has 1 aliphatic carbocycles. The van der Waals surface area contributed by atoms with E-state index in [4.69, 9.17) is 28.1 Å². The monoisotopic (exact) mass is 746 g/mol. The molecule has 2 aromatic heterocycles. The van der Waals surface area contributed by atoms with Crippen molar-refractivity contribution in [3.63, 3.8) is 0 Å². The first-order chi connectivity index (χ1) is 18.5. The van der Waals surface area contributed by atoms with Gasteiger partial charge in [0.25, 0.3) is 11.8 Å². The number of aliphatic imine (C=N–C) groups is 2. The van der Waals surface area contributed by atoms with Crippen LogP contribution in [0.3, 0.4) is 0 Å². The average Bonchev–Trinajstić information content (AvgIpc) is 3.68. The van der Waals surface area contributed by atoms with E-state index in [1.54, 1.807) is 27.8 Å². The molecule has 1 saturated carbocycles. The van der Waals surface area contributed by atoms with Gasteiger partial charge in [-0.3, -0.25) is 9.59 Å². The SMILES string of the molecule is NC1=NC(O)C2(N1)C(Cl)C(CNC(=O)c1cc(Br)c(Br)[nH]1)C1CN3C(=O)c4cc(Br)cn4C4N=C(N)NC43C12. The third-order valence-corrected chi connectivity index (χ3v) is 11.6. The van der Waals surface area contributed by atoms with E-state index >= 15 is 0 Å². The van der Waals surface area contributed by atoms with Crippen LogP contribution in [0.5, 0.6) is 0 Å². The van der Waals surface area contributed by atoms with Gasteiger partial charge >= 0.3 is 0 Å². The molecule has 8 atom stereocenters. The van der Waals surface area contributed by atoms with Crippen molar-refractivity contribution in [2.24, 2.45) is 39.2 Å². The van der Waals surface area contributed by atoms with Gasteiger partial charge in [0.15, 0.2) is 30.0 Å². The van der Waals surface area contributed by atoms with E-state index in [1.165, 1.54) is 0 Å². The molecule has 39 heavy (non-hydrogen) atoms. The highest BCUT2D eigenvalue weighted by Gasteiger charge is 2.79. The Morgan fingerprint density at radius 3 is 2.64 bits per heavy atom. The number of nitrogens with zero attached hydrogens (tertiary/aromatic N) is 4. The van der Waals surface area contributed by atoms with Gasteiger partial charge in [-0.1, -0.05) is 0 Å². The third kappa shape index (κ3) is 3.20. The number of nitrogens with one attached hydrogen (secondary N) is 4. The fourth-order valence-electron chi connectivity index (χ4n) is 7.36. The van der Waals surface area contributed by atoms with Crippen LogP contribution in [0.2, 0.25) is 0 Å². The molecule has 17 heteroatoms. The molecule has 4 aliphatic heterocycles. The molecule has 8 unspecified atom stereocenters. The van der Waals surface area contributed by atoms with Crippen LogP contribution in [0, 0.1) is 17.8 Å². The van der Waals surface area contributed by atoms with Crippen molar-refractivity contribution in [2.45, 2.75) is 29.0 Å². The molecule has 1 saturated heterocycles. The first-order valence-electron chi connectivity index (χ1n) is 12.1. The van der Waals surface area contributed by atoms with Crippen LogP contribution in [0.15, 0.2) is 41.9 Å². The molecule has 0 aromatic carbocycles. The highest BCUT2D eigenvalue weighted by Crippen LogP contribution is 2.63. The number of hydrogen-bond acceptors (Lipinski definition) is 9. The van der Waals surface area contributed by atoms with Gasteiger partial charge in [-0.2, -0.15) is 0 Å². The maximum Gasteiger partial charge on any atom is 0.272 e. The number of aliphatic hydroxyl groups is 1. The van der Waals surface area contributed by atoms with E-state index in [-0.39, 0.29) is 48.7 Å². The Morgan fingerprint density at radius 2 is 1.97 bits per heavy atom. The summed E-state index contributed by atoms with van der Waals surface area (Å²) < 4.78 is 3.87. The number of carbonyl (C=O) groups excluding carboxylic acids is 2. The molecule has 5 aliphatic rings. The highest BCUT2D eigenvalue weighted by molar-refractivity contribution is 9.13. The molecule has 6 heterocycles. The Balaban J connectivity index is 1.31. The summed E-state index contributed by atoms with van der Waals surface area (Å²) in [6.45, 7) is 0.466. The Hall–Kier alpha value is -2.27. The quantitative estimate of drug-likeness (QED) is 0.223. The van der Waals surface area contributed by atoms with Gasteiger partial charge in [0.2, 0.25) is 0 Å². The number of H-pyrrole nitrogens is 1. The van der Waals surface area contributed by atoms with Crippen molar-refractivity contribution in [3.05, 3.63) is 43.3 Å². The summed E-state index contributed by atoms with van der Waals surface area (Å²) in [4.78, 5) is 40.5. The standard InChI is InChI=1S/C22H22Br3ClN10O3/c23-6-1-11-16(38)36-5-8-7(3-29-15(37)10-2-9(24)14(25)30-10)13(26)21(18(39)32-20(28)33-21)12(8)22(36)17(35(11)4-6)31-19(27)34-22/h1-2,4,7-8,12-13,17-18,30,39H,3,5H2,(H,29,37)(H3,27,31,34)(H3,28,32,33). The molecule has 2 fully saturated rings. The van der Waals surface area contributed by atoms with Gasteiger partial charge in [0.05, 0.1) is 14.5 Å². The lowest BCUT2D eigenvalue weighted by Crippen LogP contribution is -2.74. The number of alkyl halides is 1. The summed E-state index contributed by atoms with van der Waals surface area (Å²) in [5.74, 6) is -1.54. The second-order valence-corrected chi connectivity index (χ2v) is 13.4. The van der Waals surface area contributed by atoms with Crippen LogP contribution in [0.1, 0.15) is 27.1 Å². The lowest BCUT2D eigenvalue weighted by atomic mass is 9.73. The zero-order chi connectivity index (χ0) is 27.6. The fraction of sp³-hybridized carbons (Fsp3) is 0.455. The topological polar surface area (TPSA) is 191 Å². The summed E-state index contributed by atoms with van der Waals surface area (Å²) in [5.41, 5.74) is 10.8. The van der Waals surface area contributed by atoms with E-state index in [2.05, 4.69) is 73.7 Å². The maximum absolute atomic E-state index is 13.9. The zero-order valence-electron chi connectivity index (χ0n) is 19.8. The predicted molar refractivity (Wildman–Crippen MR) is 152 cm³/mol. The maximum atomic E-state index is 13.9. The summed E-state index contributed by atoms with van der Waals surface area (Å²) >= 11 is 17.4. The summed E-state index contributed by atoms with van der Waals surface area (Å²) in [7, 11) is 0. The Kier molecular flexibility index (Phi) is 5.52. The summed E-state index contributed by atoms with van der Waals surface area (Å²) in [6.07, 6.45) is -0.151. The summed E-state index contributed by atoms with van der Waals surface area (Å²) in [6, 6.07) is 3.42. The van der Waals surface area contributed by atoms with E-state index in [0.29, 0.717) is 20.5 Å². The number of carbonyl (C=O) groups is 2. The number of rotatable bonds is 3. The van der Waals surface area contributed by atoms with Crippen molar-refractivity contribution < 1.29 is 14.7 Å². The van der Waals surface area contributed by atoms with Crippen LogP contribution in [0.4, 0.5) is 0 Å². The molecule has 2 amide bonds. The molecule has 206 valence electrons. The zero-order valence-corrected chi connectivity index (χ0v) is 25.3. The largest absolute Gasteiger partial charge is 0.370 e. The molecular formula is C22H22Br3ClN10O3. The number of halogens is 4. The lowest BCUT2D eigenvalue weighted by molar-refractivity contribution is -0.0269. The number of guanidine groups is 2. The van der Waals surface area contributed by atoms with Gasteiger partial charge in [-0.25, -0.2) is 9.98 Å². The van der Waals surface area contributed by atoms with Crippen molar-refractivity contribution in [1.82, 2.24) is 30.4 Å². The summed E-state index contributed by atoms with van der Waals surface area (Å²) in [5, 5.41) is 20.1. The molecule has 13 nitrogen and oxygen atoms in total. The molecule has 0 radical (unpaired) electrons. The van der Waals surface area contributed by atoms with Gasteiger partial charge in [-0.05, 0) is 65.8 Å². The van der Waals surface area contributed by atoms with Crippen LogP contribution in [0.25, 0.3) is 0 Å². The number of amides is 2. The smallest absolute Gasteiger partial charge is 0.272 e. The number of hydrogen-bond donors (Lipinski definition) is 7. The van der Waals surface area contributed by atoms with Crippen molar-refractivity contribution in [3.8, 4) is 0 Å². The molecule has 0 bridgehead atoms. The van der Waals surface area contributed by atoms with Crippen molar-refractivity contribution in [1.29, 1.82) is 0 Å². The van der Waals surface area contributed by atoms with Crippen LogP contribution >= 0.6 is 59.4 Å². The van der Waals surface area contributed by atoms with Crippen molar-refractivity contribution in [2.75, 3.05) is 13.1 Å². The first-order valence-corrected chi connectivity index (χ1v) is 14.9. The minimum atomic E-state index is -1.31. The second kappa shape index (κ2) is 8.38. The molecule has 2 spiro atoms. The Morgan fingerprint density at radius 1 is 1.23 bits per heavy atom. The van der Waals surface area contributed by atoms with E-state index in [1.807, 2.05) is 0 Å². The molecule has 9 N–H and O–H groups in total. The first kappa shape index (κ1) is 25.7. The molecular weight excluding hydrogens is 727 g/mol. The molecule has 7 rings (SSSR count). The fourth-order valence-corrected chi connectivity index (χ4v) is 9.03. The normalized spacial score (nSPS) is 37.6. The van der Waals surface area contributed by atoms with Gasteiger partial charge in [0, 0.05) is 35.6 Å². The van der Waals surface area contributed by atoms with Gasteiger partial charge in [0.1, 0.15) is 16.9 Å². The highest BCUT2D eigenvalue weighted by atomic mass is 79.9. The Labute approximate surface area is 251 Å². The number of nitrogens with two attached hydrogens (primary N) is 2. The Bertz CT molecular complexity index is 1490. The van der Waals surface area contributed by atoms with Crippen LogP contribution in [-0.2, 0) is 0 Å². The van der Waals surface area contributed by atoms with Crippen molar-refractivity contribution >= 4 is 83.1 Å². The minimum Gasteiger partial charge on any atom is -0.370 e. The number of aromatic amines is 1. The molecule has 2 aromatic rings. The van der Waals surface area contributed by atoms with Crippen LogP contribution in [-0.4, -0.2) is 79.2 Å². The van der Waals surface area contributed by atoms with Gasteiger partial charge in [-0.15, -0.1) is 11.6 Å². The minimum absolute atomic E-state index is 0.0440. The average molecular weight is 750 g/mol. The predicted octanol–water partition coefficient (Wildman–Crippen LogP) is 0.561. The lowest BCUT2D eigenvalue weighted by Gasteiger charge is -2.51. The number of aliphatic hydroxyl groups excluding tert-OH is 1. The van der Waals surface area contributed by atoms with Crippen LogP contribution < -0.4 is 27.4 Å². The van der Waals surface area contributed by atoms with E-state index in [0.717, 1.165) is 4.47 Å². The van der Waals surface area contributed by atoms with Gasteiger partial charge < -0.3 is 47.0 Å². The van der Waals surface area contributed by atoms with E-state index in [9.17, 15) is 14.7 Å². The number of aromatic nitrogens is 2. The second-order valence-electron chi connectivity index (χ2n) is 10.4. The third-order valence-electron chi connectivity index (χ3n) is 8.67. The van der Waals surface area contributed by atoms with E-state index < -0.39 is 34.9 Å².